The minimum absolute atomic E-state index is 0.501. The molecule has 0 aromatic carbocycles. The zero-order valence-electron chi connectivity index (χ0n) is 4.87. The highest BCUT2D eigenvalue weighted by atomic mass is 79.9. The van der Waals surface area contributed by atoms with Crippen molar-refractivity contribution in [3.05, 3.63) is 6.92 Å². The molecule has 0 heterocycles. The highest BCUT2D eigenvalue weighted by Gasteiger charge is 1.94. The maximum atomic E-state index is 3.75. The summed E-state index contributed by atoms with van der Waals surface area (Å²) in [5.74, 6) is 0. The number of rotatable bonds is 4. The van der Waals surface area contributed by atoms with E-state index in [1.165, 1.54) is 19.3 Å². The zero-order valence-corrected chi connectivity index (χ0v) is 8.04. The summed E-state index contributed by atoms with van der Waals surface area (Å²) in [5.41, 5.74) is 0. The van der Waals surface area contributed by atoms with Crippen LogP contribution in [0.2, 0.25) is 0 Å². The van der Waals surface area contributed by atoms with Crippen molar-refractivity contribution in [2.24, 2.45) is 0 Å². The van der Waals surface area contributed by atoms with E-state index in [2.05, 4.69) is 38.8 Å². The van der Waals surface area contributed by atoms with Crippen LogP contribution in [-0.4, -0.2) is 3.74 Å². The van der Waals surface area contributed by atoms with E-state index < -0.39 is 0 Å². The van der Waals surface area contributed by atoms with Crippen LogP contribution in [0.25, 0.3) is 0 Å². The first-order valence-corrected chi connectivity index (χ1v) is 4.68. The van der Waals surface area contributed by atoms with Crippen LogP contribution < -0.4 is 0 Å². The lowest BCUT2D eigenvalue weighted by molar-refractivity contribution is 0.727. The van der Waals surface area contributed by atoms with Crippen LogP contribution in [0.1, 0.15) is 25.7 Å². The second kappa shape index (κ2) is 6.09. The third-order valence-corrected chi connectivity index (χ3v) is 1.84. The summed E-state index contributed by atoms with van der Waals surface area (Å²) in [6.45, 7) is 3.75. The molecule has 2 heteroatoms. The predicted molar refractivity (Wildman–Crippen MR) is 45.5 cm³/mol. The Morgan fingerprint density at radius 3 is 2.25 bits per heavy atom. The van der Waals surface area contributed by atoms with Gasteiger partial charge in [-0.25, -0.2) is 0 Å². The molecule has 0 aromatic rings. The molecular weight excluding hydrogens is 232 g/mol. The van der Waals surface area contributed by atoms with Crippen LogP contribution in [-0.2, 0) is 0 Å². The predicted octanol–water partition coefficient (Wildman–Crippen LogP) is 3.50. The highest BCUT2D eigenvalue weighted by Crippen LogP contribution is 2.15. The van der Waals surface area contributed by atoms with E-state index >= 15 is 0 Å². The molecule has 0 aromatic heterocycles. The first-order valence-electron chi connectivity index (χ1n) is 2.84. The van der Waals surface area contributed by atoms with Crippen molar-refractivity contribution >= 4 is 31.9 Å². The summed E-state index contributed by atoms with van der Waals surface area (Å²) in [6, 6.07) is 0. The van der Waals surface area contributed by atoms with Crippen molar-refractivity contribution < 1.29 is 0 Å². The van der Waals surface area contributed by atoms with Crippen molar-refractivity contribution in [1.82, 2.24) is 0 Å². The molecule has 0 aliphatic heterocycles. The third kappa shape index (κ3) is 6.96. The lowest BCUT2D eigenvalue weighted by Crippen LogP contribution is -1.83. The van der Waals surface area contributed by atoms with E-state index in [1.807, 2.05) is 0 Å². The Kier molecular flexibility index (Phi) is 6.82. The van der Waals surface area contributed by atoms with Crippen molar-refractivity contribution in [3.63, 3.8) is 0 Å². The number of halogens is 2. The molecule has 0 unspecified atom stereocenters. The maximum absolute atomic E-state index is 3.75. The first-order chi connectivity index (χ1) is 3.77. The van der Waals surface area contributed by atoms with E-state index in [9.17, 15) is 0 Å². The molecule has 0 amide bonds. The Morgan fingerprint density at radius 1 is 1.25 bits per heavy atom. The molecule has 0 N–H and O–H groups in total. The summed E-state index contributed by atoms with van der Waals surface area (Å²) < 4.78 is 0.501. The van der Waals surface area contributed by atoms with Crippen molar-refractivity contribution in [1.29, 1.82) is 0 Å². The van der Waals surface area contributed by atoms with Crippen LogP contribution in [0.15, 0.2) is 0 Å². The van der Waals surface area contributed by atoms with E-state index in [1.54, 1.807) is 0 Å². The average molecular weight is 243 g/mol. The van der Waals surface area contributed by atoms with Gasteiger partial charge in [0.15, 0.2) is 0 Å². The van der Waals surface area contributed by atoms with Gasteiger partial charge in [-0.15, -0.1) is 0 Å². The molecular formula is C6H11Br2. The molecule has 1 radical (unpaired) electrons. The van der Waals surface area contributed by atoms with E-state index in [0.717, 1.165) is 6.42 Å². The molecule has 0 atom stereocenters. The third-order valence-electron chi connectivity index (χ3n) is 0.922. The lowest BCUT2D eigenvalue weighted by atomic mass is 10.2. The van der Waals surface area contributed by atoms with Gasteiger partial charge in [-0.3, -0.25) is 0 Å². The van der Waals surface area contributed by atoms with Gasteiger partial charge in [0.1, 0.15) is 0 Å². The molecule has 8 heavy (non-hydrogen) atoms. The van der Waals surface area contributed by atoms with Gasteiger partial charge in [-0.05, 0) is 6.42 Å². The Morgan fingerprint density at radius 2 is 1.88 bits per heavy atom. The fourth-order valence-corrected chi connectivity index (χ4v) is 1.12. The smallest absolute Gasteiger partial charge is 0.0697 e. The number of hydrogen-bond donors (Lipinski definition) is 0. The van der Waals surface area contributed by atoms with Crippen LogP contribution in [0.5, 0.6) is 0 Å². The van der Waals surface area contributed by atoms with Gasteiger partial charge in [0.05, 0.1) is 3.74 Å². The molecule has 0 saturated heterocycles. The summed E-state index contributed by atoms with van der Waals surface area (Å²) in [5, 5.41) is 0. The van der Waals surface area contributed by atoms with E-state index in [-0.39, 0.29) is 0 Å². The Hall–Kier alpha value is 0.960. The second-order valence-corrected chi connectivity index (χ2v) is 5.18. The number of alkyl halides is 2. The summed E-state index contributed by atoms with van der Waals surface area (Å²) in [4.78, 5) is 0. The van der Waals surface area contributed by atoms with Gasteiger partial charge in [-0.2, -0.15) is 0 Å². The number of hydrogen-bond acceptors (Lipinski definition) is 0. The first kappa shape index (κ1) is 8.96. The summed E-state index contributed by atoms with van der Waals surface area (Å²) in [6.07, 6.45) is 4.78. The highest BCUT2D eigenvalue weighted by molar-refractivity contribution is 9.24. The summed E-state index contributed by atoms with van der Waals surface area (Å²) in [7, 11) is 0. The van der Waals surface area contributed by atoms with Gasteiger partial charge < -0.3 is 0 Å². The van der Waals surface area contributed by atoms with E-state index in [4.69, 9.17) is 0 Å². The second-order valence-electron chi connectivity index (χ2n) is 1.74. The quantitative estimate of drug-likeness (QED) is 0.523. The lowest BCUT2D eigenvalue weighted by Gasteiger charge is -1.97. The normalized spacial score (nSPS) is 10.5. The van der Waals surface area contributed by atoms with Gasteiger partial charge in [0.25, 0.3) is 0 Å². The molecule has 0 saturated carbocycles. The van der Waals surface area contributed by atoms with Crippen LogP contribution in [0.4, 0.5) is 0 Å². The molecule has 0 rings (SSSR count). The minimum atomic E-state index is 0.501. The van der Waals surface area contributed by atoms with Gasteiger partial charge >= 0.3 is 0 Å². The van der Waals surface area contributed by atoms with E-state index in [0.29, 0.717) is 3.74 Å². The monoisotopic (exact) mass is 241 g/mol. The molecule has 0 spiro atoms. The fraction of sp³-hybridized carbons (Fsp3) is 0.833. The van der Waals surface area contributed by atoms with Crippen molar-refractivity contribution in [3.8, 4) is 0 Å². The maximum Gasteiger partial charge on any atom is 0.0697 e. The topological polar surface area (TPSA) is 0 Å². The van der Waals surface area contributed by atoms with Crippen LogP contribution in [0, 0.1) is 6.92 Å². The Bertz CT molecular complexity index is 43.8. The molecule has 0 bridgehead atoms. The van der Waals surface area contributed by atoms with Gasteiger partial charge in [0, 0.05) is 0 Å². The Balaban J connectivity index is 2.72. The molecule has 0 aliphatic rings. The molecule has 49 valence electrons. The largest absolute Gasteiger partial charge is 0.0765 e. The fourth-order valence-electron chi connectivity index (χ4n) is 0.475. The van der Waals surface area contributed by atoms with Crippen LogP contribution in [0.3, 0.4) is 0 Å². The van der Waals surface area contributed by atoms with Crippen molar-refractivity contribution in [2.75, 3.05) is 0 Å². The zero-order chi connectivity index (χ0) is 6.41. The summed E-state index contributed by atoms with van der Waals surface area (Å²) >= 11 is 6.80. The standard InChI is InChI=1S/C6H11Br2/c1-2-3-4-5-6(7)8/h6H,1-5H2. The van der Waals surface area contributed by atoms with Crippen molar-refractivity contribution in [2.45, 2.75) is 29.4 Å². The average Bonchev–Trinajstić information content (AvgIpc) is 1.66. The van der Waals surface area contributed by atoms with Crippen LogP contribution >= 0.6 is 31.9 Å². The number of unbranched alkanes of at least 4 members (excludes halogenated alkanes) is 2. The SMILES string of the molecule is [CH2]CCCCC(Br)Br. The van der Waals surface area contributed by atoms with Gasteiger partial charge in [0.2, 0.25) is 0 Å². The molecule has 0 nitrogen and oxygen atoms in total. The molecule has 0 aliphatic carbocycles. The Labute approximate surface area is 68.3 Å². The molecule has 0 fully saturated rings. The van der Waals surface area contributed by atoms with Gasteiger partial charge in [-0.1, -0.05) is 58.0 Å². The minimum Gasteiger partial charge on any atom is -0.0765 e.